The Morgan fingerprint density at radius 3 is 2.41 bits per heavy atom. The molecule has 0 spiro atoms. The molecule has 1 rings (SSSR count). The molecule has 0 aliphatic carbocycles. The maximum atomic E-state index is 9.70. The average molecular weight is 253 g/mol. The third kappa shape index (κ3) is 4.60. The molecule has 3 heteroatoms. The second kappa shape index (κ2) is 6.92. The Kier molecular flexibility index (Phi) is 5.86. The average Bonchev–Trinajstić information content (AvgIpc) is 2.30. The SMILES string of the molecule is CCSCC(C)NCc1cc(C)c(O)c(C)c1. The van der Waals surface area contributed by atoms with Crippen LogP contribution in [0, 0.1) is 13.8 Å². The van der Waals surface area contributed by atoms with E-state index in [0.717, 1.165) is 23.4 Å². The fraction of sp³-hybridized carbons (Fsp3) is 0.571. The van der Waals surface area contributed by atoms with E-state index in [1.54, 1.807) is 0 Å². The fourth-order valence-electron chi connectivity index (χ4n) is 1.79. The number of nitrogens with one attached hydrogen (secondary N) is 1. The largest absolute Gasteiger partial charge is 0.507 e. The summed E-state index contributed by atoms with van der Waals surface area (Å²) >= 11 is 1.96. The van der Waals surface area contributed by atoms with Gasteiger partial charge in [-0.15, -0.1) is 0 Å². The Morgan fingerprint density at radius 1 is 1.29 bits per heavy atom. The van der Waals surface area contributed by atoms with Crippen molar-refractivity contribution >= 4 is 11.8 Å². The molecule has 2 N–H and O–H groups in total. The van der Waals surface area contributed by atoms with Crippen molar-refractivity contribution in [2.75, 3.05) is 11.5 Å². The monoisotopic (exact) mass is 253 g/mol. The standard InChI is InChI=1S/C14H23NOS/c1-5-17-9-12(4)15-8-13-6-10(2)14(16)11(3)7-13/h6-7,12,15-16H,5,8-9H2,1-4H3. The summed E-state index contributed by atoms with van der Waals surface area (Å²) in [6, 6.07) is 4.62. The first-order valence-corrected chi connectivity index (χ1v) is 7.30. The van der Waals surface area contributed by atoms with Crippen LogP contribution in [0.2, 0.25) is 0 Å². The van der Waals surface area contributed by atoms with E-state index >= 15 is 0 Å². The Balaban J connectivity index is 2.52. The first-order valence-electron chi connectivity index (χ1n) is 6.14. The predicted molar refractivity (Wildman–Crippen MR) is 76.9 cm³/mol. The fourth-order valence-corrected chi connectivity index (χ4v) is 2.50. The number of hydrogen-bond acceptors (Lipinski definition) is 3. The van der Waals surface area contributed by atoms with Gasteiger partial charge in [0.2, 0.25) is 0 Å². The van der Waals surface area contributed by atoms with Crippen LogP contribution in [-0.4, -0.2) is 22.7 Å². The molecule has 0 radical (unpaired) electrons. The highest BCUT2D eigenvalue weighted by Crippen LogP contribution is 2.22. The Labute approximate surface area is 109 Å². The normalized spacial score (nSPS) is 12.7. The molecule has 96 valence electrons. The van der Waals surface area contributed by atoms with Crippen molar-refractivity contribution < 1.29 is 5.11 Å². The molecule has 0 saturated carbocycles. The molecule has 1 atom stereocenters. The van der Waals surface area contributed by atoms with Gasteiger partial charge in [-0.25, -0.2) is 0 Å². The van der Waals surface area contributed by atoms with Gasteiger partial charge >= 0.3 is 0 Å². The highest BCUT2D eigenvalue weighted by atomic mass is 32.2. The van der Waals surface area contributed by atoms with Crippen LogP contribution < -0.4 is 5.32 Å². The summed E-state index contributed by atoms with van der Waals surface area (Å²) < 4.78 is 0. The van der Waals surface area contributed by atoms with E-state index in [4.69, 9.17) is 0 Å². The molecule has 0 aromatic heterocycles. The van der Waals surface area contributed by atoms with Crippen molar-refractivity contribution in [3.05, 3.63) is 28.8 Å². The lowest BCUT2D eigenvalue weighted by Gasteiger charge is -2.14. The minimum Gasteiger partial charge on any atom is -0.507 e. The molecule has 0 bridgehead atoms. The number of phenols is 1. The molecule has 1 aromatic carbocycles. The quantitative estimate of drug-likeness (QED) is 0.816. The summed E-state index contributed by atoms with van der Waals surface area (Å²) in [6.45, 7) is 9.16. The zero-order valence-electron chi connectivity index (χ0n) is 11.2. The molecule has 0 aliphatic rings. The molecule has 0 saturated heterocycles. The Bertz CT molecular complexity index is 342. The smallest absolute Gasteiger partial charge is 0.121 e. The first-order chi connectivity index (χ1) is 8.04. The van der Waals surface area contributed by atoms with E-state index in [-0.39, 0.29) is 0 Å². The number of aryl methyl sites for hydroxylation is 2. The van der Waals surface area contributed by atoms with E-state index in [1.165, 1.54) is 11.3 Å². The first kappa shape index (κ1) is 14.4. The summed E-state index contributed by atoms with van der Waals surface area (Å²) in [5.74, 6) is 2.74. The van der Waals surface area contributed by atoms with Gasteiger partial charge in [-0.2, -0.15) is 11.8 Å². The maximum Gasteiger partial charge on any atom is 0.121 e. The van der Waals surface area contributed by atoms with Crippen molar-refractivity contribution in [2.24, 2.45) is 0 Å². The number of thioether (sulfide) groups is 1. The van der Waals surface area contributed by atoms with Gasteiger partial charge in [0.15, 0.2) is 0 Å². The van der Waals surface area contributed by atoms with Crippen molar-refractivity contribution in [2.45, 2.75) is 40.3 Å². The third-order valence-electron chi connectivity index (χ3n) is 2.78. The lowest BCUT2D eigenvalue weighted by Crippen LogP contribution is -2.27. The summed E-state index contributed by atoms with van der Waals surface area (Å²) in [4.78, 5) is 0. The molecule has 1 aromatic rings. The maximum absolute atomic E-state index is 9.70. The van der Waals surface area contributed by atoms with E-state index in [9.17, 15) is 5.11 Å². The predicted octanol–water partition coefficient (Wildman–Crippen LogP) is 3.24. The molecular weight excluding hydrogens is 230 g/mol. The van der Waals surface area contributed by atoms with Crippen molar-refractivity contribution in [3.63, 3.8) is 0 Å². The van der Waals surface area contributed by atoms with Crippen molar-refractivity contribution in [3.8, 4) is 5.75 Å². The van der Waals surface area contributed by atoms with Crippen LogP contribution in [0.1, 0.15) is 30.5 Å². The minimum atomic E-state index is 0.420. The van der Waals surface area contributed by atoms with Gasteiger partial charge in [0, 0.05) is 18.3 Å². The highest BCUT2D eigenvalue weighted by molar-refractivity contribution is 7.99. The minimum absolute atomic E-state index is 0.420. The zero-order valence-corrected chi connectivity index (χ0v) is 12.0. The van der Waals surface area contributed by atoms with Gasteiger partial charge in [0.1, 0.15) is 5.75 Å². The van der Waals surface area contributed by atoms with Gasteiger partial charge in [-0.3, -0.25) is 0 Å². The van der Waals surface area contributed by atoms with Crippen LogP contribution in [0.3, 0.4) is 0 Å². The number of hydrogen-bond donors (Lipinski definition) is 2. The van der Waals surface area contributed by atoms with Crippen LogP contribution in [0.25, 0.3) is 0 Å². The van der Waals surface area contributed by atoms with E-state index < -0.39 is 0 Å². The van der Waals surface area contributed by atoms with Crippen molar-refractivity contribution in [1.82, 2.24) is 5.32 Å². The highest BCUT2D eigenvalue weighted by Gasteiger charge is 2.05. The third-order valence-corrected chi connectivity index (χ3v) is 3.92. The summed E-state index contributed by atoms with van der Waals surface area (Å²) in [5, 5.41) is 13.2. The lowest BCUT2D eigenvalue weighted by atomic mass is 10.1. The summed E-state index contributed by atoms with van der Waals surface area (Å²) in [7, 11) is 0. The molecule has 0 heterocycles. The van der Waals surface area contributed by atoms with Crippen LogP contribution in [0.5, 0.6) is 5.75 Å². The zero-order chi connectivity index (χ0) is 12.8. The Morgan fingerprint density at radius 2 is 1.88 bits per heavy atom. The van der Waals surface area contributed by atoms with Crippen molar-refractivity contribution in [1.29, 1.82) is 0 Å². The van der Waals surface area contributed by atoms with E-state index in [1.807, 2.05) is 25.6 Å². The molecule has 0 amide bonds. The van der Waals surface area contributed by atoms with E-state index in [2.05, 4.69) is 31.3 Å². The van der Waals surface area contributed by atoms with Gasteiger partial charge in [-0.1, -0.05) is 19.1 Å². The van der Waals surface area contributed by atoms with Gasteiger partial charge in [-0.05, 0) is 43.2 Å². The molecule has 1 unspecified atom stereocenters. The second-order valence-corrected chi connectivity index (χ2v) is 5.84. The van der Waals surface area contributed by atoms with Gasteiger partial charge in [0.05, 0.1) is 0 Å². The Hall–Kier alpha value is -0.670. The second-order valence-electron chi connectivity index (χ2n) is 4.52. The van der Waals surface area contributed by atoms with Gasteiger partial charge < -0.3 is 10.4 Å². The molecule has 0 aliphatic heterocycles. The molecular formula is C14H23NOS. The number of aromatic hydroxyl groups is 1. The number of phenolic OH excluding ortho intramolecular Hbond substituents is 1. The number of benzene rings is 1. The van der Waals surface area contributed by atoms with Crippen LogP contribution in [0.15, 0.2) is 12.1 Å². The summed E-state index contributed by atoms with van der Waals surface area (Å²) in [5.41, 5.74) is 3.15. The topological polar surface area (TPSA) is 32.3 Å². The number of rotatable bonds is 6. The van der Waals surface area contributed by atoms with Gasteiger partial charge in [0.25, 0.3) is 0 Å². The molecule has 2 nitrogen and oxygen atoms in total. The molecule has 0 fully saturated rings. The van der Waals surface area contributed by atoms with Crippen LogP contribution >= 0.6 is 11.8 Å². The molecule has 17 heavy (non-hydrogen) atoms. The van der Waals surface area contributed by atoms with Crippen LogP contribution in [-0.2, 0) is 6.54 Å². The lowest BCUT2D eigenvalue weighted by molar-refractivity contribution is 0.466. The van der Waals surface area contributed by atoms with E-state index in [0.29, 0.717) is 11.8 Å². The summed E-state index contributed by atoms with van der Waals surface area (Å²) in [6.07, 6.45) is 0. The van der Waals surface area contributed by atoms with Crippen LogP contribution in [0.4, 0.5) is 0 Å².